The van der Waals surface area contributed by atoms with Crippen LogP contribution in [0.4, 0.5) is 17.6 Å². The van der Waals surface area contributed by atoms with Gasteiger partial charge in [-0.05, 0) is 23.7 Å². The molecule has 0 atom stereocenters. The van der Waals surface area contributed by atoms with Crippen LogP contribution in [0, 0.1) is 11.2 Å². The summed E-state index contributed by atoms with van der Waals surface area (Å²) in [6.07, 6.45) is -5.13. The van der Waals surface area contributed by atoms with Crippen LogP contribution < -0.4 is 17.0 Å². The van der Waals surface area contributed by atoms with Crippen LogP contribution in [0.15, 0.2) is 27.8 Å². The third-order valence-corrected chi connectivity index (χ3v) is 5.34. The van der Waals surface area contributed by atoms with Gasteiger partial charge >= 0.3 is 11.9 Å². The summed E-state index contributed by atoms with van der Waals surface area (Å²) >= 11 is 7.43. The van der Waals surface area contributed by atoms with Gasteiger partial charge in [0.2, 0.25) is 5.96 Å². The summed E-state index contributed by atoms with van der Waals surface area (Å²) in [5, 5.41) is 7.66. The topological polar surface area (TPSA) is 107 Å². The first kappa shape index (κ1) is 20.7. The minimum absolute atomic E-state index is 0.0804. The molecular weight excluding hydrogens is 538 g/mol. The van der Waals surface area contributed by atoms with E-state index in [1.807, 2.05) is 0 Å². The molecule has 14 heteroatoms. The maximum atomic E-state index is 14.6. The van der Waals surface area contributed by atoms with Gasteiger partial charge in [0.15, 0.2) is 0 Å². The Morgan fingerprint density at radius 3 is 2.43 bits per heavy atom. The summed E-state index contributed by atoms with van der Waals surface area (Å²) in [5.74, 6) is -2.30. The second kappa shape index (κ2) is 7.08. The normalized spacial score (nSPS) is 12.1. The van der Waals surface area contributed by atoms with Crippen LogP contribution in [0.2, 0.25) is 0 Å². The smallest absolute Gasteiger partial charge is 0.369 e. The highest BCUT2D eigenvalue weighted by atomic mass is 79.9. The number of nitrogen functional groups attached to an aromatic ring is 1. The van der Waals surface area contributed by atoms with Crippen LogP contribution in [-0.4, -0.2) is 19.5 Å². The number of nitrogens with two attached hydrogens (primary N) is 1. The Bertz CT molecular complexity index is 1230. The van der Waals surface area contributed by atoms with E-state index in [-0.39, 0.29) is 15.2 Å². The molecule has 0 aliphatic heterocycles. The van der Waals surface area contributed by atoms with Crippen molar-refractivity contribution in [3.8, 4) is 5.69 Å². The van der Waals surface area contributed by atoms with Crippen molar-refractivity contribution in [1.82, 2.24) is 13.5 Å². The Kier molecular flexibility index (Phi) is 5.22. The number of rotatable bonds is 2. The zero-order valence-corrected chi connectivity index (χ0v) is 17.2. The van der Waals surface area contributed by atoms with Crippen molar-refractivity contribution in [1.29, 1.82) is 5.41 Å². The Morgan fingerprint density at radius 1 is 1.25 bits per heavy atom. The van der Waals surface area contributed by atoms with Crippen LogP contribution in [0.3, 0.4) is 0 Å². The van der Waals surface area contributed by atoms with E-state index in [0.29, 0.717) is 15.8 Å². The van der Waals surface area contributed by atoms with Crippen molar-refractivity contribution in [3.05, 3.63) is 56.2 Å². The molecule has 0 aliphatic rings. The quantitative estimate of drug-likeness (QED) is 0.223. The van der Waals surface area contributed by atoms with Crippen LogP contribution in [0.5, 0.6) is 0 Å². The van der Waals surface area contributed by atoms with Crippen molar-refractivity contribution in [3.63, 3.8) is 0 Å². The van der Waals surface area contributed by atoms with E-state index in [4.69, 9.17) is 11.1 Å². The fourth-order valence-corrected chi connectivity index (χ4v) is 4.29. The standard InChI is InChI=1S/C14H7Br2F4N5O2S/c15-11(16)10-4-1-6(5(17)2-7(4)28-23-10)24-9(26)3-8(14(18,19)20)25(12(21)22)13(24)27/h1-3,11H,(H3,21,22). The molecule has 7 nitrogen and oxygen atoms in total. The number of nitrogens with one attached hydrogen (secondary N) is 1. The van der Waals surface area contributed by atoms with Crippen molar-refractivity contribution in [2.24, 2.45) is 5.73 Å². The molecule has 1 aromatic carbocycles. The number of benzene rings is 1. The zero-order chi connectivity index (χ0) is 21.0. The molecule has 0 bridgehead atoms. The Hall–Kier alpha value is -2.06. The van der Waals surface area contributed by atoms with Crippen LogP contribution in [0.1, 0.15) is 15.1 Å². The molecule has 0 saturated carbocycles. The van der Waals surface area contributed by atoms with E-state index in [0.717, 1.165) is 23.7 Å². The lowest BCUT2D eigenvalue weighted by Crippen LogP contribution is -2.46. The monoisotopic (exact) mass is 543 g/mol. The van der Waals surface area contributed by atoms with E-state index in [9.17, 15) is 27.2 Å². The van der Waals surface area contributed by atoms with Crippen LogP contribution in [-0.2, 0) is 6.18 Å². The fourth-order valence-electron chi connectivity index (χ4n) is 2.50. The highest BCUT2D eigenvalue weighted by molar-refractivity contribution is 9.24. The highest BCUT2D eigenvalue weighted by Gasteiger charge is 2.37. The average Bonchev–Trinajstić information content (AvgIpc) is 2.95. The lowest BCUT2D eigenvalue weighted by Gasteiger charge is -2.16. The third-order valence-electron chi connectivity index (χ3n) is 3.65. The first-order chi connectivity index (χ1) is 12.9. The van der Waals surface area contributed by atoms with Gasteiger partial charge in [0.05, 0.1) is 16.1 Å². The minimum Gasteiger partial charge on any atom is -0.369 e. The predicted molar refractivity (Wildman–Crippen MR) is 102 cm³/mol. The summed E-state index contributed by atoms with van der Waals surface area (Å²) in [6, 6.07) is 2.21. The molecule has 0 fully saturated rings. The van der Waals surface area contributed by atoms with Gasteiger partial charge < -0.3 is 5.73 Å². The summed E-state index contributed by atoms with van der Waals surface area (Å²) in [6.45, 7) is 0. The molecule has 3 N–H and O–H groups in total. The average molecular weight is 545 g/mol. The molecular formula is C14H7Br2F4N5O2S. The van der Waals surface area contributed by atoms with Crippen LogP contribution in [0.25, 0.3) is 15.8 Å². The third kappa shape index (κ3) is 3.39. The van der Waals surface area contributed by atoms with Crippen molar-refractivity contribution < 1.29 is 17.6 Å². The number of aromatic nitrogens is 3. The van der Waals surface area contributed by atoms with E-state index >= 15 is 0 Å². The van der Waals surface area contributed by atoms with Gasteiger partial charge in [-0.15, -0.1) is 0 Å². The number of fused-ring (bicyclic) bond motifs is 1. The van der Waals surface area contributed by atoms with Crippen LogP contribution >= 0.6 is 43.4 Å². The Labute approximate surface area is 173 Å². The first-order valence-electron chi connectivity index (χ1n) is 7.11. The molecule has 2 heterocycles. The number of nitrogens with zero attached hydrogens (tertiary/aromatic N) is 3. The van der Waals surface area contributed by atoms with E-state index in [2.05, 4.69) is 36.2 Å². The Morgan fingerprint density at radius 2 is 1.89 bits per heavy atom. The van der Waals surface area contributed by atoms with Gasteiger partial charge in [0, 0.05) is 11.5 Å². The highest BCUT2D eigenvalue weighted by Crippen LogP contribution is 2.37. The molecule has 0 saturated heterocycles. The number of hydrogen-bond acceptors (Lipinski definition) is 5. The summed E-state index contributed by atoms with van der Waals surface area (Å²) in [5.41, 5.74) is 0.161. The van der Waals surface area contributed by atoms with Gasteiger partial charge in [-0.2, -0.15) is 17.5 Å². The molecule has 0 spiro atoms. The van der Waals surface area contributed by atoms with E-state index < -0.39 is 44.3 Å². The van der Waals surface area contributed by atoms with E-state index in [1.165, 1.54) is 0 Å². The largest absolute Gasteiger partial charge is 0.432 e. The van der Waals surface area contributed by atoms with E-state index in [1.54, 1.807) is 0 Å². The molecule has 2 aromatic heterocycles. The molecule has 0 unspecified atom stereocenters. The van der Waals surface area contributed by atoms with Gasteiger partial charge in [-0.3, -0.25) is 10.2 Å². The number of alkyl halides is 5. The number of halogens is 6. The maximum absolute atomic E-state index is 14.6. The van der Waals surface area contributed by atoms with Gasteiger partial charge in [-0.1, -0.05) is 31.9 Å². The molecule has 0 aliphatic carbocycles. The summed E-state index contributed by atoms with van der Waals surface area (Å²) in [4.78, 5) is 24.8. The lowest BCUT2D eigenvalue weighted by atomic mass is 10.2. The van der Waals surface area contributed by atoms with Gasteiger partial charge in [-0.25, -0.2) is 18.3 Å². The fraction of sp³-hybridized carbons (Fsp3) is 0.143. The minimum atomic E-state index is -5.13. The summed E-state index contributed by atoms with van der Waals surface area (Å²) < 4.78 is 58.1. The zero-order valence-electron chi connectivity index (χ0n) is 13.2. The Balaban J connectivity index is 2.42. The molecule has 3 rings (SSSR count). The first-order valence-corrected chi connectivity index (χ1v) is 9.72. The molecule has 0 amide bonds. The van der Waals surface area contributed by atoms with Crippen molar-refractivity contribution in [2.75, 3.05) is 0 Å². The molecule has 3 aromatic rings. The second-order valence-corrected chi connectivity index (χ2v) is 9.24. The second-order valence-electron chi connectivity index (χ2n) is 5.37. The SMILES string of the molecule is N=C(N)n1c(C(F)(F)F)cc(=O)n(-c2cc3c(C(Br)Br)nsc3cc2F)c1=O. The molecule has 148 valence electrons. The van der Waals surface area contributed by atoms with Crippen molar-refractivity contribution >= 4 is 59.4 Å². The number of hydrogen-bond donors (Lipinski definition) is 2. The maximum Gasteiger partial charge on any atom is 0.432 e. The van der Waals surface area contributed by atoms with Crippen molar-refractivity contribution in [2.45, 2.75) is 9.91 Å². The molecule has 0 radical (unpaired) electrons. The van der Waals surface area contributed by atoms with Gasteiger partial charge in [0.1, 0.15) is 15.2 Å². The van der Waals surface area contributed by atoms with Gasteiger partial charge in [0.25, 0.3) is 5.56 Å². The molecule has 28 heavy (non-hydrogen) atoms. The predicted octanol–water partition coefficient (Wildman–Crippen LogP) is 3.30. The lowest BCUT2D eigenvalue weighted by molar-refractivity contribution is -0.142. The summed E-state index contributed by atoms with van der Waals surface area (Å²) in [7, 11) is 0.